The number of ketones is 1. The highest BCUT2D eigenvalue weighted by molar-refractivity contribution is 9.10. The van der Waals surface area contributed by atoms with E-state index in [-0.39, 0.29) is 10.7 Å². The number of carbonyl (C=O) groups excluding carboxylic acids is 1. The lowest BCUT2D eigenvalue weighted by Gasteiger charge is -2.02. The Bertz CT molecular complexity index is 660. The van der Waals surface area contributed by atoms with Crippen molar-refractivity contribution in [2.24, 2.45) is 0 Å². The minimum Gasteiger partial charge on any atom is -0.292 e. The Morgan fingerprint density at radius 3 is 2.39 bits per heavy atom. The lowest BCUT2D eigenvalue weighted by molar-refractivity contribution is 0.102. The fourth-order valence-electron chi connectivity index (χ4n) is 1.44. The zero-order chi connectivity index (χ0) is 13.2. The number of thiophene rings is 1. The Balaban J connectivity index is 2.25. The van der Waals surface area contributed by atoms with Gasteiger partial charge < -0.3 is 0 Å². The topological polar surface area (TPSA) is 51.2 Å². The van der Waals surface area contributed by atoms with Crippen LogP contribution in [0.5, 0.6) is 0 Å². The minimum atomic E-state index is -3.57. The molecule has 0 radical (unpaired) electrons. The van der Waals surface area contributed by atoms with Crippen LogP contribution in [0.1, 0.15) is 9.67 Å². The first-order valence-corrected chi connectivity index (χ1v) is 8.37. The smallest absolute Gasteiger partial charge is 0.189 e. The van der Waals surface area contributed by atoms with Crippen LogP contribution in [0.25, 0.3) is 0 Å². The van der Waals surface area contributed by atoms with E-state index in [9.17, 15) is 13.2 Å². The summed E-state index contributed by atoms with van der Waals surface area (Å²) in [6, 6.07) is 9.72. The number of sulfone groups is 1. The maximum absolute atomic E-state index is 12.0. The molecule has 94 valence electrons. The average molecular weight is 345 g/mol. The van der Waals surface area contributed by atoms with Gasteiger partial charge in [0.15, 0.2) is 15.6 Å². The molecule has 0 spiro atoms. The standard InChI is InChI=1S/C12H9BrO3S2/c13-10-6-7-17-12(10)11(14)8-18(15,16)9-4-2-1-3-5-9/h1-7H,8H2. The molecular formula is C12H9BrO3S2. The minimum absolute atomic E-state index is 0.172. The summed E-state index contributed by atoms with van der Waals surface area (Å²) < 4.78 is 24.7. The molecule has 0 saturated carbocycles. The quantitative estimate of drug-likeness (QED) is 0.800. The Kier molecular flexibility index (Phi) is 3.99. The van der Waals surface area contributed by atoms with Crippen molar-refractivity contribution < 1.29 is 13.2 Å². The number of Topliss-reactive ketones (excluding diaryl/α,β-unsaturated/α-hetero) is 1. The maximum atomic E-state index is 12.0. The number of halogens is 1. The normalized spacial score (nSPS) is 11.4. The molecule has 3 nitrogen and oxygen atoms in total. The second-order valence-electron chi connectivity index (χ2n) is 3.59. The number of rotatable bonds is 4. The lowest BCUT2D eigenvalue weighted by Crippen LogP contribution is -2.15. The van der Waals surface area contributed by atoms with E-state index in [2.05, 4.69) is 15.9 Å². The molecule has 0 aliphatic rings. The fourth-order valence-corrected chi connectivity index (χ4v) is 4.29. The van der Waals surface area contributed by atoms with E-state index in [1.54, 1.807) is 29.6 Å². The first-order chi connectivity index (χ1) is 8.50. The molecule has 0 amide bonds. The van der Waals surface area contributed by atoms with Crippen molar-refractivity contribution in [3.8, 4) is 0 Å². The molecule has 1 aromatic carbocycles. The van der Waals surface area contributed by atoms with E-state index in [0.29, 0.717) is 9.35 Å². The molecule has 0 fully saturated rings. The number of benzene rings is 1. The third-order valence-electron chi connectivity index (χ3n) is 2.29. The summed E-state index contributed by atoms with van der Waals surface area (Å²) in [7, 11) is -3.57. The zero-order valence-electron chi connectivity index (χ0n) is 9.17. The van der Waals surface area contributed by atoms with Gasteiger partial charge in [-0.1, -0.05) is 18.2 Å². The molecule has 0 N–H and O–H groups in total. The van der Waals surface area contributed by atoms with Crippen LogP contribution in [0.3, 0.4) is 0 Å². The van der Waals surface area contributed by atoms with E-state index in [0.717, 1.165) is 0 Å². The second-order valence-corrected chi connectivity index (χ2v) is 7.35. The van der Waals surface area contributed by atoms with E-state index >= 15 is 0 Å². The number of hydrogen-bond acceptors (Lipinski definition) is 4. The van der Waals surface area contributed by atoms with Gasteiger partial charge in [-0.2, -0.15) is 0 Å². The molecular weight excluding hydrogens is 336 g/mol. The summed E-state index contributed by atoms with van der Waals surface area (Å²) in [6.07, 6.45) is 0. The van der Waals surface area contributed by atoms with Gasteiger partial charge >= 0.3 is 0 Å². The zero-order valence-corrected chi connectivity index (χ0v) is 12.4. The van der Waals surface area contributed by atoms with Crippen molar-refractivity contribution in [1.82, 2.24) is 0 Å². The number of carbonyl (C=O) groups is 1. The van der Waals surface area contributed by atoms with Gasteiger partial charge in [0, 0.05) is 4.47 Å². The molecule has 1 aromatic heterocycles. The molecule has 0 bridgehead atoms. The van der Waals surface area contributed by atoms with Gasteiger partial charge in [0.1, 0.15) is 5.75 Å². The molecule has 2 aromatic rings. The Morgan fingerprint density at radius 1 is 1.17 bits per heavy atom. The molecule has 1 heterocycles. The van der Waals surface area contributed by atoms with Crippen LogP contribution < -0.4 is 0 Å². The van der Waals surface area contributed by atoms with Crippen LogP contribution >= 0.6 is 27.3 Å². The van der Waals surface area contributed by atoms with Gasteiger partial charge in [0.2, 0.25) is 0 Å². The fraction of sp³-hybridized carbons (Fsp3) is 0.0833. The second kappa shape index (κ2) is 5.34. The van der Waals surface area contributed by atoms with Crippen LogP contribution in [0.2, 0.25) is 0 Å². The molecule has 2 rings (SSSR count). The molecule has 0 saturated heterocycles. The molecule has 6 heteroatoms. The Labute approximate surface area is 118 Å². The predicted octanol–water partition coefficient (Wildman–Crippen LogP) is 3.17. The van der Waals surface area contributed by atoms with Gasteiger partial charge in [0.05, 0.1) is 9.77 Å². The van der Waals surface area contributed by atoms with Crippen molar-refractivity contribution in [1.29, 1.82) is 0 Å². The third kappa shape index (κ3) is 2.88. The summed E-state index contributed by atoms with van der Waals surface area (Å²) in [6.45, 7) is 0. The van der Waals surface area contributed by atoms with Crippen LogP contribution in [0.15, 0.2) is 51.1 Å². The summed E-state index contributed by atoms with van der Waals surface area (Å²) in [4.78, 5) is 12.5. The molecule has 0 aliphatic carbocycles. The lowest BCUT2D eigenvalue weighted by atomic mass is 10.3. The highest BCUT2D eigenvalue weighted by Crippen LogP contribution is 2.24. The maximum Gasteiger partial charge on any atom is 0.189 e. The van der Waals surface area contributed by atoms with Gasteiger partial charge in [-0.15, -0.1) is 11.3 Å². The third-order valence-corrected chi connectivity index (χ3v) is 5.81. The first-order valence-electron chi connectivity index (χ1n) is 5.05. The monoisotopic (exact) mass is 344 g/mol. The van der Waals surface area contributed by atoms with Crippen LogP contribution in [0.4, 0.5) is 0 Å². The summed E-state index contributed by atoms with van der Waals surface area (Å²) >= 11 is 4.46. The van der Waals surface area contributed by atoms with E-state index in [1.165, 1.54) is 23.5 Å². The van der Waals surface area contributed by atoms with Gasteiger partial charge in [-0.3, -0.25) is 4.79 Å². The van der Waals surface area contributed by atoms with Crippen molar-refractivity contribution in [3.63, 3.8) is 0 Å². The van der Waals surface area contributed by atoms with Gasteiger partial charge in [-0.05, 0) is 39.5 Å². The molecule has 0 aliphatic heterocycles. The van der Waals surface area contributed by atoms with Crippen molar-refractivity contribution in [3.05, 3.63) is 51.1 Å². The van der Waals surface area contributed by atoms with Crippen LogP contribution in [-0.4, -0.2) is 20.0 Å². The van der Waals surface area contributed by atoms with Crippen LogP contribution in [-0.2, 0) is 9.84 Å². The van der Waals surface area contributed by atoms with Crippen molar-refractivity contribution in [2.75, 3.05) is 5.75 Å². The largest absolute Gasteiger partial charge is 0.292 e. The van der Waals surface area contributed by atoms with Crippen molar-refractivity contribution in [2.45, 2.75) is 4.90 Å². The van der Waals surface area contributed by atoms with E-state index < -0.39 is 15.6 Å². The number of hydrogen-bond donors (Lipinski definition) is 0. The van der Waals surface area contributed by atoms with E-state index in [4.69, 9.17) is 0 Å². The highest BCUT2D eigenvalue weighted by Gasteiger charge is 2.22. The predicted molar refractivity (Wildman–Crippen MR) is 74.8 cm³/mol. The Hall–Kier alpha value is -0.980. The van der Waals surface area contributed by atoms with Crippen molar-refractivity contribution >= 4 is 42.9 Å². The Morgan fingerprint density at radius 2 is 1.83 bits per heavy atom. The molecule has 0 unspecified atom stereocenters. The summed E-state index contributed by atoms with van der Waals surface area (Å²) in [5.74, 6) is -0.892. The van der Waals surface area contributed by atoms with Crippen LogP contribution in [0, 0.1) is 0 Å². The highest BCUT2D eigenvalue weighted by atomic mass is 79.9. The van der Waals surface area contributed by atoms with E-state index in [1.807, 2.05) is 0 Å². The summed E-state index contributed by atoms with van der Waals surface area (Å²) in [5, 5.41) is 1.74. The molecule has 0 atom stereocenters. The average Bonchev–Trinajstić information content (AvgIpc) is 2.76. The van der Waals surface area contributed by atoms with Gasteiger partial charge in [-0.25, -0.2) is 8.42 Å². The van der Waals surface area contributed by atoms with Gasteiger partial charge in [0.25, 0.3) is 0 Å². The summed E-state index contributed by atoms with van der Waals surface area (Å²) in [5.41, 5.74) is 0. The SMILES string of the molecule is O=C(CS(=O)(=O)c1ccccc1)c1sccc1Br. The molecule has 18 heavy (non-hydrogen) atoms. The first kappa shape index (κ1) is 13.5.